The molecule has 0 atom stereocenters. The van der Waals surface area contributed by atoms with Gasteiger partial charge >= 0.3 is 0 Å². The highest BCUT2D eigenvalue weighted by Crippen LogP contribution is 2.19. The van der Waals surface area contributed by atoms with Gasteiger partial charge in [-0.25, -0.2) is 0 Å². The maximum atomic E-state index is 2.75. The van der Waals surface area contributed by atoms with Crippen LogP contribution in [0.2, 0.25) is 0 Å². The van der Waals surface area contributed by atoms with Gasteiger partial charge in [-0.3, -0.25) is 9.80 Å². The van der Waals surface area contributed by atoms with Crippen LogP contribution in [0.25, 0.3) is 0 Å². The van der Waals surface area contributed by atoms with Gasteiger partial charge in [-0.05, 0) is 52.7 Å². The minimum absolute atomic E-state index is 0.721. The molecular weight excluding hydrogens is 222 g/mol. The van der Waals surface area contributed by atoms with Gasteiger partial charge in [0.25, 0.3) is 0 Å². The zero-order valence-electron chi connectivity index (χ0n) is 12.6. The highest BCUT2D eigenvalue weighted by atomic mass is 15.3. The summed E-state index contributed by atoms with van der Waals surface area (Å²) in [5.41, 5.74) is 0. The van der Waals surface area contributed by atoms with Gasteiger partial charge in [0.2, 0.25) is 0 Å². The summed E-state index contributed by atoms with van der Waals surface area (Å²) in [6.07, 6.45) is 4.08. The molecule has 0 unspecified atom stereocenters. The van der Waals surface area contributed by atoms with E-state index in [9.17, 15) is 0 Å². The van der Waals surface area contributed by atoms with Gasteiger partial charge in [0.05, 0.1) is 0 Å². The van der Waals surface area contributed by atoms with Crippen LogP contribution in [0, 0.1) is 0 Å². The van der Waals surface area contributed by atoms with E-state index < -0.39 is 0 Å². The predicted molar refractivity (Wildman–Crippen MR) is 78.0 cm³/mol. The lowest BCUT2D eigenvalue weighted by Gasteiger charge is -2.43. The van der Waals surface area contributed by atoms with Crippen molar-refractivity contribution in [1.82, 2.24) is 14.7 Å². The Bertz CT molecular complexity index is 226. The highest BCUT2D eigenvalue weighted by Gasteiger charge is 2.27. The van der Waals surface area contributed by atoms with E-state index in [4.69, 9.17) is 0 Å². The van der Waals surface area contributed by atoms with Crippen LogP contribution < -0.4 is 0 Å². The lowest BCUT2D eigenvalue weighted by molar-refractivity contribution is 0.0486. The van der Waals surface area contributed by atoms with Gasteiger partial charge in [-0.1, -0.05) is 6.92 Å². The van der Waals surface area contributed by atoms with Crippen LogP contribution in [0.3, 0.4) is 0 Å². The second-order valence-electron chi connectivity index (χ2n) is 6.24. The van der Waals surface area contributed by atoms with E-state index >= 15 is 0 Å². The first kappa shape index (κ1) is 14.3. The Balaban J connectivity index is 1.71. The molecule has 18 heavy (non-hydrogen) atoms. The molecule has 106 valence electrons. The summed E-state index contributed by atoms with van der Waals surface area (Å²) in [6, 6.07) is 1.59. The van der Waals surface area contributed by atoms with Gasteiger partial charge in [-0.15, -0.1) is 0 Å². The molecule has 2 aliphatic heterocycles. The number of nitrogens with zero attached hydrogens (tertiary/aromatic N) is 3. The first-order valence-corrected chi connectivity index (χ1v) is 7.91. The van der Waals surface area contributed by atoms with Crippen LogP contribution in [-0.4, -0.2) is 72.6 Å². The van der Waals surface area contributed by atoms with Gasteiger partial charge in [0.1, 0.15) is 0 Å². The fraction of sp³-hybridized carbons (Fsp3) is 1.00. The van der Waals surface area contributed by atoms with Crippen LogP contribution in [0.15, 0.2) is 0 Å². The maximum absolute atomic E-state index is 2.75. The summed E-state index contributed by atoms with van der Waals surface area (Å²) < 4.78 is 0. The van der Waals surface area contributed by atoms with E-state index in [1.807, 2.05) is 0 Å². The summed E-state index contributed by atoms with van der Waals surface area (Å²) in [7, 11) is 0. The lowest BCUT2D eigenvalue weighted by atomic mass is 10.0. The van der Waals surface area contributed by atoms with E-state index in [0.717, 1.165) is 12.1 Å². The topological polar surface area (TPSA) is 9.72 Å². The van der Waals surface area contributed by atoms with Crippen molar-refractivity contribution in [2.24, 2.45) is 0 Å². The zero-order valence-corrected chi connectivity index (χ0v) is 12.6. The Kier molecular flexibility index (Phi) is 5.46. The van der Waals surface area contributed by atoms with Crippen molar-refractivity contribution in [3.63, 3.8) is 0 Å². The van der Waals surface area contributed by atoms with Crippen LogP contribution in [0.4, 0.5) is 0 Å². The standard InChI is InChI=1S/C15H31N3/c1-4-7-16-8-5-15(6-9-16)18-12-10-17(11-13-18)14(2)3/h14-15H,4-13H2,1-3H3. The number of likely N-dealkylation sites (tertiary alicyclic amines) is 1. The largest absolute Gasteiger partial charge is 0.303 e. The van der Waals surface area contributed by atoms with E-state index in [-0.39, 0.29) is 0 Å². The van der Waals surface area contributed by atoms with Gasteiger partial charge in [0, 0.05) is 38.3 Å². The van der Waals surface area contributed by atoms with Gasteiger partial charge in [-0.2, -0.15) is 0 Å². The molecule has 2 fully saturated rings. The molecule has 0 spiro atoms. The number of piperidine rings is 1. The lowest BCUT2D eigenvalue weighted by Crippen LogP contribution is -2.54. The Morgan fingerprint density at radius 3 is 2.06 bits per heavy atom. The molecule has 2 saturated heterocycles. The smallest absolute Gasteiger partial charge is 0.0121 e. The van der Waals surface area contributed by atoms with Crippen molar-refractivity contribution >= 4 is 0 Å². The summed E-state index contributed by atoms with van der Waals surface area (Å²) in [5.74, 6) is 0. The molecule has 0 N–H and O–H groups in total. The molecule has 0 bridgehead atoms. The normalized spacial score (nSPS) is 26.0. The third-order valence-corrected chi connectivity index (χ3v) is 4.69. The fourth-order valence-electron chi connectivity index (χ4n) is 3.44. The third kappa shape index (κ3) is 3.69. The molecule has 0 aliphatic carbocycles. The second-order valence-corrected chi connectivity index (χ2v) is 6.24. The SMILES string of the molecule is CCCN1CCC(N2CCN(C(C)C)CC2)CC1. The van der Waals surface area contributed by atoms with E-state index in [1.165, 1.54) is 65.1 Å². The van der Waals surface area contributed by atoms with Crippen molar-refractivity contribution in [2.75, 3.05) is 45.8 Å². The molecule has 2 rings (SSSR count). The highest BCUT2D eigenvalue weighted by molar-refractivity contribution is 4.84. The molecule has 0 aromatic heterocycles. The second kappa shape index (κ2) is 6.88. The number of hydrogen-bond acceptors (Lipinski definition) is 3. The van der Waals surface area contributed by atoms with Crippen molar-refractivity contribution in [3.8, 4) is 0 Å². The quantitative estimate of drug-likeness (QED) is 0.757. The Morgan fingerprint density at radius 1 is 0.944 bits per heavy atom. The van der Waals surface area contributed by atoms with E-state index in [0.29, 0.717) is 0 Å². The van der Waals surface area contributed by atoms with Crippen molar-refractivity contribution in [2.45, 2.75) is 52.1 Å². The zero-order chi connectivity index (χ0) is 13.0. The van der Waals surface area contributed by atoms with Crippen LogP contribution in [0.1, 0.15) is 40.0 Å². The van der Waals surface area contributed by atoms with Crippen LogP contribution in [-0.2, 0) is 0 Å². The van der Waals surface area contributed by atoms with E-state index in [1.54, 1.807) is 0 Å². The molecule has 2 heterocycles. The molecule has 3 heteroatoms. The minimum Gasteiger partial charge on any atom is -0.303 e. The van der Waals surface area contributed by atoms with Crippen molar-refractivity contribution < 1.29 is 0 Å². The molecular formula is C15H31N3. The fourth-order valence-corrected chi connectivity index (χ4v) is 3.44. The first-order valence-electron chi connectivity index (χ1n) is 7.91. The van der Waals surface area contributed by atoms with Crippen molar-refractivity contribution in [3.05, 3.63) is 0 Å². The Morgan fingerprint density at radius 2 is 1.56 bits per heavy atom. The van der Waals surface area contributed by atoms with Crippen LogP contribution in [0.5, 0.6) is 0 Å². The number of hydrogen-bond donors (Lipinski definition) is 0. The Labute approximate surface area is 113 Å². The average molecular weight is 253 g/mol. The summed E-state index contributed by atoms with van der Waals surface area (Å²) in [5, 5.41) is 0. The van der Waals surface area contributed by atoms with Gasteiger partial charge in [0.15, 0.2) is 0 Å². The monoisotopic (exact) mass is 253 g/mol. The molecule has 0 aromatic rings. The first-order chi connectivity index (χ1) is 8.70. The van der Waals surface area contributed by atoms with Crippen LogP contribution >= 0.6 is 0 Å². The minimum atomic E-state index is 0.721. The number of piperazine rings is 1. The summed E-state index contributed by atoms with van der Waals surface area (Å²) in [4.78, 5) is 8.01. The summed E-state index contributed by atoms with van der Waals surface area (Å²) in [6.45, 7) is 16.0. The molecule has 0 saturated carbocycles. The molecule has 3 nitrogen and oxygen atoms in total. The molecule has 0 amide bonds. The average Bonchev–Trinajstić information content (AvgIpc) is 2.40. The molecule has 0 aromatic carbocycles. The molecule has 0 radical (unpaired) electrons. The molecule has 2 aliphatic rings. The maximum Gasteiger partial charge on any atom is 0.0121 e. The Hall–Kier alpha value is -0.120. The summed E-state index contributed by atoms with van der Waals surface area (Å²) >= 11 is 0. The predicted octanol–water partition coefficient (Wildman–Crippen LogP) is 1.89. The third-order valence-electron chi connectivity index (χ3n) is 4.69. The van der Waals surface area contributed by atoms with Gasteiger partial charge < -0.3 is 4.90 Å². The van der Waals surface area contributed by atoms with Crippen molar-refractivity contribution in [1.29, 1.82) is 0 Å². The number of rotatable bonds is 4. The van der Waals surface area contributed by atoms with E-state index in [2.05, 4.69) is 35.5 Å².